The van der Waals surface area contributed by atoms with Gasteiger partial charge in [-0.2, -0.15) is 0 Å². The van der Waals surface area contributed by atoms with Crippen LogP contribution in [0, 0.1) is 17.7 Å². The Morgan fingerprint density at radius 1 is 1.41 bits per heavy atom. The summed E-state index contributed by atoms with van der Waals surface area (Å²) in [6.07, 6.45) is 3.92. The molecule has 17 heavy (non-hydrogen) atoms. The van der Waals surface area contributed by atoms with Crippen molar-refractivity contribution < 1.29 is 9.13 Å². The van der Waals surface area contributed by atoms with Crippen LogP contribution < -0.4 is 5.73 Å². The van der Waals surface area contributed by atoms with Crippen molar-refractivity contribution in [3.63, 3.8) is 0 Å². The van der Waals surface area contributed by atoms with Crippen molar-refractivity contribution >= 4 is 0 Å². The van der Waals surface area contributed by atoms with Gasteiger partial charge in [0.15, 0.2) is 0 Å². The molecule has 3 heteroatoms. The summed E-state index contributed by atoms with van der Waals surface area (Å²) in [7, 11) is 0. The lowest BCUT2D eigenvalue weighted by molar-refractivity contribution is -0.00868. The molecule has 1 aliphatic rings. The third kappa shape index (κ3) is 3.29. The van der Waals surface area contributed by atoms with Crippen molar-refractivity contribution in [3.8, 4) is 11.8 Å². The summed E-state index contributed by atoms with van der Waals surface area (Å²) >= 11 is 0. The maximum atomic E-state index is 13.4. The minimum Gasteiger partial charge on any atom is -0.374 e. The second-order valence-electron chi connectivity index (χ2n) is 4.18. The molecule has 0 aromatic heterocycles. The van der Waals surface area contributed by atoms with Crippen LogP contribution >= 0.6 is 0 Å². The smallest absolute Gasteiger partial charge is 0.138 e. The van der Waals surface area contributed by atoms with Gasteiger partial charge < -0.3 is 10.5 Å². The fourth-order valence-corrected chi connectivity index (χ4v) is 1.66. The van der Waals surface area contributed by atoms with Crippen LogP contribution in [0.1, 0.15) is 30.4 Å². The van der Waals surface area contributed by atoms with Gasteiger partial charge in [0.25, 0.3) is 0 Å². The molecular formula is C14H16FNO. The van der Waals surface area contributed by atoms with E-state index < -0.39 is 0 Å². The minimum absolute atomic E-state index is 0.238. The van der Waals surface area contributed by atoms with E-state index in [0.717, 1.165) is 18.4 Å². The Balaban J connectivity index is 2.01. The molecule has 1 aromatic rings. The fourth-order valence-electron chi connectivity index (χ4n) is 1.66. The topological polar surface area (TPSA) is 35.2 Å². The molecule has 2 nitrogen and oxygen atoms in total. The number of hydrogen-bond acceptors (Lipinski definition) is 2. The van der Waals surface area contributed by atoms with Gasteiger partial charge in [0.2, 0.25) is 0 Å². The standard InChI is InChI=1S/C14H16FNO/c15-14-7-6-11(9-12(14)3-2-8-16)10-17-13-4-1-5-13/h6-7,9,13H,1,4-5,8,10,16H2. The minimum atomic E-state index is -0.307. The monoisotopic (exact) mass is 233 g/mol. The predicted molar refractivity (Wildman–Crippen MR) is 64.8 cm³/mol. The van der Waals surface area contributed by atoms with Gasteiger partial charge in [-0.3, -0.25) is 0 Å². The number of nitrogens with two attached hydrogens (primary N) is 1. The Morgan fingerprint density at radius 2 is 2.24 bits per heavy atom. The normalized spacial score (nSPS) is 14.9. The SMILES string of the molecule is NCC#Cc1cc(COC2CCC2)ccc1F. The van der Waals surface area contributed by atoms with E-state index in [4.69, 9.17) is 10.5 Å². The summed E-state index contributed by atoms with van der Waals surface area (Å²) in [4.78, 5) is 0. The van der Waals surface area contributed by atoms with E-state index in [0.29, 0.717) is 18.3 Å². The third-order valence-corrected chi connectivity index (χ3v) is 2.89. The summed E-state index contributed by atoms with van der Waals surface area (Å²) in [5.41, 5.74) is 6.62. The molecule has 1 aromatic carbocycles. The molecule has 2 N–H and O–H groups in total. The van der Waals surface area contributed by atoms with Crippen molar-refractivity contribution in [1.29, 1.82) is 0 Å². The lowest BCUT2D eigenvalue weighted by Crippen LogP contribution is -2.21. The highest BCUT2D eigenvalue weighted by Crippen LogP contribution is 2.23. The van der Waals surface area contributed by atoms with Crippen LogP contribution in [0.25, 0.3) is 0 Å². The summed E-state index contributed by atoms with van der Waals surface area (Å²) in [6, 6.07) is 4.90. The number of ether oxygens (including phenoxy) is 1. The fraction of sp³-hybridized carbons (Fsp3) is 0.429. The molecule has 0 bridgehead atoms. The maximum absolute atomic E-state index is 13.4. The zero-order chi connectivity index (χ0) is 12.1. The maximum Gasteiger partial charge on any atom is 0.138 e. The molecule has 0 saturated heterocycles. The van der Waals surface area contributed by atoms with E-state index in [-0.39, 0.29) is 12.4 Å². The zero-order valence-electron chi connectivity index (χ0n) is 9.71. The Morgan fingerprint density at radius 3 is 2.88 bits per heavy atom. The van der Waals surface area contributed by atoms with Crippen LogP contribution in [0.4, 0.5) is 4.39 Å². The van der Waals surface area contributed by atoms with E-state index in [9.17, 15) is 4.39 Å². The molecule has 1 saturated carbocycles. The van der Waals surface area contributed by atoms with Crippen LogP contribution in [0.2, 0.25) is 0 Å². The highest BCUT2D eigenvalue weighted by molar-refractivity contribution is 5.38. The van der Waals surface area contributed by atoms with E-state index in [1.807, 2.05) is 0 Å². The Hall–Kier alpha value is -1.37. The number of rotatable bonds is 3. The van der Waals surface area contributed by atoms with Crippen molar-refractivity contribution in [2.75, 3.05) is 6.54 Å². The average Bonchev–Trinajstić information content (AvgIpc) is 2.27. The highest BCUT2D eigenvalue weighted by Gasteiger charge is 2.17. The Labute approximate surface area is 101 Å². The van der Waals surface area contributed by atoms with Crippen molar-refractivity contribution in [3.05, 3.63) is 35.1 Å². The van der Waals surface area contributed by atoms with Gasteiger partial charge in [-0.1, -0.05) is 17.9 Å². The molecule has 0 unspecified atom stereocenters. The molecule has 90 valence electrons. The Bertz CT molecular complexity index is 443. The molecule has 1 fully saturated rings. The highest BCUT2D eigenvalue weighted by atomic mass is 19.1. The molecule has 1 aliphatic carbocycles. The zero-order valence-corrected chi connectivity index (χ0v) is 9.71. The van der Waals surface area contributed by atoms with E-state index in [1.54, 1.807) is 12.1 Å². The summed E-state index contributed by atoms with van der Waals surface area (Å²) in [5.74, 6) is 5.07. The predicted octanol–water partition coefficient (Wildman–Crippen LogP) is 2.21. The molecule has 0 aliphatic heterocycles. The van der Waals surface area contributed by atoms with Gasteiger partial charge in [-0.25, -0.2) is 4.39 Å². The third-order valence-electron chi connectivity index (χ3n) is 2.89. The molecule has 0 radical (unpaired) electrons. The van der Waals surface area contributed by atoms with Crippen LogP contribution in [0.15, 0.2) is 18.2 Å². The first-order valence-corrected chi connectivity index (χ1v) is 5.88. The Kier molecular flexibility index (Phi) is 4.13. The summed E-state index contributed by atoms with van der Waals surface area (Å²) < 4.78 is 19.1. The first-order chi connectivity index (χ1) is 8.29. The molecular weight excluding hydrogens is 217 g/mol. The lowest BCUT2D eigenvalue weighted by Gasteiger charge is -2.25. The summed E-state index contributed by atoms with van der Waals surface area (Å²) in [6.45, 7) is 0.768. The van der Waals surface area contributed by atoms with Gasteiger partial charge in [0.1, 0.15) is 5.82 Å². The van der Waals surface area contributed by atoms with Gasteiger partial charge in [0, 0.05) is 0 Å². The van der Waals surface area contributed by atoms with E-state index in [2.05, 4.69) is 11.8 Å². The van der Waals surface area contributed by atoms with Crippen LogP contribution in [0.3, 0.4) is 0 Å². The molecule has 0 heterocycles. The molecule has 0 amide bonds. The number of benzene rings is 1. The van der Waals surface area contributed by atoms with Crippen LogP contribution in [0.5, 0.6) is 0 Å². The van der Waals surface area contributed by atoms with Gasteiger partial charge in [-0.15, -0.1) is 0 Å². The molecule has 0 spiro atoms. The van der Waals surface area contributed by atoms with Gasteiger partial charge >= 0.3 is 0 Å². The van der Waals surface area contributed by atoms with Crippen LogP contribution in [-0.2, 0) is 11.3 Å². The summed E-state index contributed by atoms with van der Waals surface area (Å²) in [5, 5.41) is 0. The number of hydrogen-bond donors (Lipinski definition) is 1. The average molecular weight is 233 g/mol. The van der Waals surface area contributed by atoms with Crippen molar-refractivity contribution in [1.82, 2.24) is 0 Å². The van der Waals surface area contributed by atoms with E-state index >= 15 is 0 Å². The van der Waals surface area contributed by atoms with E-state index in [1.165, 1.54) is 12.5 Å². The molecule has 0 atom stereocenters. The first kappa shape index (κ1) is 12.1. The second-order valence-corrected chi connectivity index (χ2v) is 4.18. The second kappa shape index (κ2) is 5.81. The largest absolute Gasteiger partial charge is 0.374 e. The van der Waals surface area contributed by atoms with Crippen LogP contribution in [-0.4, -0.2) is 12.6 Å². The van der Waals surface area contributed by atoms with Gasteiger partial charge in [0.05, 0.1) is 24.8 Å². The van der Waals surface area contributed by atoms with Crippen molar-refractivity contribution in [2.24, 2.45) is 5.73 Å². The van der Waals surface area contributed by atoms with Gasteiger partial charge in [-0.05, 0) is 37.0 Å². The quantitative estimate of drug-likeness (QED) is 0.812. The first-order valence-electron chi connectivity index (χ1n) is 5.88. The number of halogens is 1. The lowest BCUT2D eigenvalue weighted by atomic mass is 9.96. The molecule has 2 rings (SSSR count). The van der Waals surface area contributed by atoms with Crippen molar-refractivity contribution in [2.45, 2.75) is 32.0 Å².